The average Bonchev–Trinajstić information content (AvgIpc) is 3.14. The molecule has 0 unspecified atom stereocenters. The van der Waals surface area contributed by atoms with Crippen LogP contribution in [0.25, 0.3) is 17.0 Å². The Morgan fingerprint density at radius 1 is 0.962 bits per heavy atom. The van der Waals surface area contributed by atoms with Gasteiger partial charge in [0.05, 0.1) is 12.7 Å². The van der Waals surface area contributed by atoms with Crippen molar-refractivity contribution in [3.05, 3.63) is 70.8 Å². The van der Waals surface area contributed by atoms with Crippen LogP contribution in [0.3, 0.4) is 0 Å². The van der Waals surface area contributed by atoms with Crippen molar-refractivity contribution in [1.82, 2.24) is 15.0 Å². The number of H-pyrrole nitrogens is 1. The van der Waals surface area contributed by atoms with E-state index < -0.39 is 11.6 Å². The van der Waals surface area contributed by atoms with Crippen LogP contribution in [0, 0.1) is 0 Å². The van der Waals surface area contributed by atoms with Crippen LogP contribution in [-0.4, -0.2) is 33.6 Å². The van der Waals surface area contributed by atoms with E-state index in [1.54, 1.807) is 55.9 Å². The van der Waals surface area contributed by atoms with Gasteiger partial charge in [-0.05, 0) is 29.8 Å². The van der Waals surface area contributed by atoms with E-state index in [9.17, 15) is 9.59 Å². The molecule has 1 aliphatic carbocycles. The minimum Gasteiger partial charge on any atom is -0.497 e. The number of methoxy groups -OCH3 is 1. The van der Waals surface area contributed by atoms with Gasteiger partial charge in [0.2, 0.25) is 11.6 Å². The number of pyridine rings is 1. The molecule has 7 heteroatoms. The molecule has 0 saturated heterocycles. The highest BCUT2D eigenvalue weighted by atomic mass is 35.5. The first-order valence-electron chi connectivity index (χ1n) is 7.74. The summed E-state index contributed by atoms with van der Waals surface area (Å²) in [7, 11) is 1.55. The maximum atomic E-state index is 13.0. The number of nitrogens with zero attached hydrogens (tertiary/aromatic N) is 2. The summed E-state index contributed by atoms with van der Waals surface area (Å²) in [6.07, 6.45) is 3.21. The molecule has 0 fully saturated rings. The number of aromatic amines is 1. The smallest absolute Gasteiger partial charge is 0.223 e. The predicted molar refractivity (Wildman–Crippen MR) is 96.2 cm³/mol. The highest BCUT2D eigenvalue weighted by Crippen LogP contribution is 2.35. The third-order valence-corrected chi connectivity index (χ3v) is 4.48. The van der Waals surface area contributed by atoms with Gasteiger partial charge in [-0.15, -0.1) is 0 Å². The molecule has 26 heavy (non-hydrogen) atoms. The number of allylic oxidation sites excluding steroid dienone is 2. The lowest BCUT2D eigenvalue weighted by Crippen LogP contribution is -2.19. The van der Waals surface area contributed by atoms with Gasteiger partial charge in [0.15, 0.2) is 0 Å². The van der Waals surface area contributed by atoms with Crippen LogP contribution in [-0.2, 0) is 0 Å². The van der Waals surface area contributed by atoms with E-state index >= 15 is 0 Å². The van der Waals surface area contributed by atoms with Gasteiger partial charge >= 0.3 is 0 Å². The van der Waals surface area contributed by atoms with Crippen LogP contribution in [0.1, 0.15) is 26.5 Å². The van der Waals surface area contributed by atoms with E-state index in [1.165, 1.54) is 0 Å². The SMILES string of the molecule is COc1ccc(C2=C(Cl)C(=O)c3[nH]c(-c4ccncc4)nc3C2=O)cc1. The molecule has 0 aliphatic heterocycles. The van der Waals surface area contributed by atoms with Crippen LogP contribution in [0.5, 0.6) is 5.75 Å². The summed E-state index contributed by atoms with van der Waals surface area (Å²) >= 11 is 6.24. The number of hydrogen-bond acceptors (Lipinski definition) is 5. The van der Waals surface area contributed by atoms with Crippen LogP contribution < -0.4 is 4.74 Å². The molecule has 0 saturated carbocycles. The van der Waals surface area contributed by atoms with Crippen LogP contribution in [0.15, 0.2) is 53.8 Å². The molecule has 0 amide bonds. The molecule has 1 N–H and O–H groups in total. The Morgan fingerprint density at radius 2 is 1.65 bits per heavy atom. The van der Waals surface area contributed by atoms with Crippen molar-refractivity contribution < 1.29 is 14.3 Å². The minimum atomic E-state index is -0.458. The number of Topliss-reactive ketones (excluding diaryl/α,β-unsaturated/α-hetero) is 2. The van der Waals surface area contributed by atoms with Gasteiger partial charge in [-0.25, -0.2) is 4.98 Å². The molecule has 0 bridgehead atoms. The molecule has 2 heterocycles. The van der Waals surface area contributed by atoms with Gasteiger partial charge in [0.1, 0.15) is 28.0 Å². The summed E-state index contributed by atoms with van der Waals surface area (Å²) in [5.74, 6) is 0.200. The van der Waals surface area contributed by atoms with Crippen LogP contribution in [0.2, 0.25) is 0 Å². The molecular formula is C19H12ClN3O3. The molecular weight excluding hydrogens is 354 g/mol. The van der Waals surface area contributed by atoms with Crippen molar-refractivity contribution in [2.75, 3.05) is 7.11 Å². The van der Waals surface area contributed by atoms with E-state index in [1.807, 2.05) is 0 Å². The van der Waals surface area contributed by atoms with Gasteiger partial charge in [-0.3, -0.25) is 14.6 Å². The Morgan fingerprint density at radius 3 is 2.31 bits per heavy atom. The lowest BCUT2D eigenvalue weighted by Gasteiger charge is -2.14. The number of fused-ring (bicyclic) bond motifs is 1. The average molecular weight is 366 g/mol. The van der Waals surface area contributed by atoms with Crippen molar-refractivity contribution in [3.63, 3.8) is 0 Å². The largest absolute Gasteiger partial charge is 0.497 e. The lowest BCUT2D eigenvalue weighted by molar-refractivity contribution is 0.0993. The fraction of sp³-hybridized carbons (Fsp3) is 0.0526. The lowest BCUT2D eigenvalue weighted by atomic mass is 9.92. The molecule has 0 atom stereocenters. The van der Waals surface area contributed by atoms with Gasteiger partial charge in [0.25, 0.3) is 0 Å². The number of hydrogen-bond donors (Lipinski definition) is 1. The van der Waals surface area contributed by atoms with Gasteiger partial charge in [-0.1, -0.05) is 23.7 Å². The molecule has 6 nitrogen and oxygen atoms in total. The Balaban J connectivity index is 1.81. The van der Waals surface area contributed by atoms with Crippen LogP contribution >= 0.6 is 11.6 Å². The predicted octanol–water partition coefficient (Wildman–Crippen LogP) is 3.51. The Hall–Kier alpha value is -3.25. The number of imidazole rings is 1. The summed E-state index contributed by atoms with van der Waals surface area (Å²) in [5, 5.41) is -0.127. The monoisotopic (exact) mass is 365 g/mol. The Bertz CT molecular complexity index is 1050. The molecule has 0 spiro atoms. The number of ether oxygens (including phenoxy) is 1. The second-order valence-electron chi connectivity index (χ2n) is 5.62. The third-order valence-electron chi connectivity index (χ3n) is 4.12. The first-order chi connectivity index (χ1) is 12.6. The first-order valence-corrected chi connectivity index (χ1v) is 8.12. The van der Waals surface area contributed by atoms with Crippen molar-refractivity contribution in [2.24, 2.45) is 0 Å². The van der Waals surface area contributed by atoms with E-state index in [0.717, 1.165) is 5.56 Å². The molecule has 4 rings (SSSR count). The maximum absolute atomic E-state index is 13.0. The summed E-state index contributed by atoms with van der Waals surface area (Å²) in [5.41, 5.74) is 1.56. The van der Waals surface area contributed by atoms with Crippen molar-refractivity contribution >= 4 is 28.7 Å². The van der Waals surface area contributed by atoms with E-state index in [2.05, 4.69) is 15.0 Å². The highest BCUT2D eigenvalue weighted by molar-refractivity contribution is 6.56. The normalized spacial score (nSPS) is 13.8. The number of nitrogens with one attached hydrogen (secondary N) is 1. The third kappa shape index (κ3) is 2.51. The second kappa shape index (κ2) is 6.24. The quantitative estimate of drug-likeness (QED) is 0.767. The summed E-state index contributed by atoms with van der Waals surface area (Å²) in [4.78, 5) is 36.8. The number of carbonyl (C=O) groups excluding carboxylic acids is 2. The number of ketones is 2. The Labute approximate surface area is 153 Å². The second-order valence-corrected chi connectivity index (χ2v) is 6.00. The van der Waals surface area contributed by atoms with Gasteiger partial charge < -0.3 is 9.72 Å². The molecule has 128 valence electrons. The number of rotatable bonds is 3. The number of carbonyl (C=O) groups is 2. The van der Waals surface area contributed by atoms with E-state index in [4.69, 9.17) is 16.3 Å². The minimum absolute atomic E-state index is 0.0667. The van der Waals surface area contributed by atoms with E-state index in [0.29, 0.717) is 17.1 Å². The molecule has 1 aliphatic rings. The molecule has 1 aromatic carbocycles. The molecule has 3 aromatic rings. The zero-order valence-corrected chi connectivity index (χ0v) is 14.4. The van der Waals surface area contributed by atoms with Crippen molar-refractivity contribution in [2.45, 2.75) is 0 Å². The fourth-order valence-corrected chi connectivity index (χ4v) is 3.09. The first kappa shape index (κ1) is 16.2. The van der Waals surface area contributed by atoms with Gasteiger partial charge in [0, 0.05) is 18.0 Å². The number of halogens is 1. The van der Waals surface area contributed by atoms with Crippen molar-refractivity contribution in [1.29, 1.82) is 0 Å². The zero-order chi connectivity index (χ0) is 18.3. The van der Waals surface area contributed by atoms with E-state index in [-0.39, 0.29) is 22.0 Å². The van der Waals surface area contributed by atoms with Crippen molar-refractivity contribution in [3.8, 4) is 17.1 Å². The topological polar surface area (TPSA) is 84.9 Å². The zero-order valence-electron chi connectivity index (χ0n) is 13.6. The summed E-state index contributed by atoms with van der Waals surface area (Å²) in [6, 6.07) is 10.2. The highest BCUT2D eigenvalue weighted by Gasteiger charge is 2.35. The maximum Gasteiger partial charge on any atom is 0.223 e. The number of benzene rings is 1. The number of aromatic nitrogens is 3. The summed E-state index contributed by atoms with van der Waals surface area (Å²) in [6.45, 7) is 0. The molecule has 2 aromatic heterocycles. The van der Waals surface area contributed by atoms with Gasteiger partial charge in [-0.2, -0.15) is 0 Å². The standard InChI is InChI=1S/C19H12ClN3O3/c1-26-12-4-2-10(3-5-12)13-14(20)18(25)16-15(17(13)24)22-19(23-16)11-6-8-21-9-7-11/h2-9H,1H3,(H,22,23). The fourth-order valence-electron chi connectivity index (χ4n) is 2.81. The van der Waals surface area contributed by atoms with Crippen LogP contribution in [0.4, 0.5) is 0 Å². The molecule has 0 radical (unpaired) electrons. The summed E-state index contributed by atoms with van der Waals surface area (Å²) < 4.78 is 5.12. The Kier molecular flexibility index (Phi) is 3.89.